The molecular weight excluding hydrogens is 414 g/mol. The van der Waals surface area contributed by atoms with Crippen LogP contribution in [0.5, 0.6) is 5.75 Å². The summed E-state index contributed by atoms with van der Waals surface area (Å²) in [5, 5.41) is 14.9. The zero-order valence-electron chi connectivity index (χ0n) is 17.6. The molecule has 4 N–H and O–H groups in total. The van der Waals surface area contributed by atoms with Crippen molar-refractivity contribution in [3.63, 3.8) is 0 Å². The predicted molar refractivity (Wildman–Crippen MR) is 123 cm³/mol. The van der Waals surface area contributed by atoms with Crippen molar-refractivity contribution >= 4 is 26.6 Å². The molecule has 31 heavy (non-hydrogen) atoms. The maximum atomic E-state index is 11.4. The predicted octanol–water partition coefficient (Wildman–Crippen LogP) is 3.12. The lowest BCUT2D eigenvalue weighted by molar-refractivity contribution is 0.172. The maximum Gasteiger partial charge on any atom is 0.229 e. The van der Waals surface area contributed by atoms with Crippen LogP contribution in [0, 0.1) is 0 Å². The SMILES string of the molecule is CS(=O)(=O)Nc1cccc(C(O)CNCCOc2ccc3c4c([nH]c3c2)CCCC4)c1. The van der Waals surface area contributed by atoms with Crippen LogP contribution in [-0.2, 0) is 22.9 Å². The van der Waals surface area contributed by atoms with Crippen LogP contribution in [0.3, 0.4) is 0 Å². The van der Waals surface area contributed by atoms with Gasteiger partial charge in [-0.3, -0.25) is 4.72 Å². The number of aliphatic hydroxyl groups is 1. The first-order valence-corrected chi connectivity index (χ1v) is 12.5. The van der Waals surface area contributed by atoms with Gasteiger partial charge in [0.15, 0.2) is 0 Å². The first-order valence-electron chi connectivity index (χ1n) is 10.6. The van der Waals surface area contributed by atoms with Crippen molar-refractivity contribution in [3.8, 4) is 5.75 Å². The Bertz CT molecular complexity index is 1160. The molecule has 0 radical (unpaired) electrons. The molecule has 3 aromatic rings. The summed E-state index contributed by atoms with van der Waals surface area (Å²) in [7, 11) is -3.35. The summed E-state index contributed by atoms with van der Waals surface area (Å²) < 4.78 is 31.0. The molecule has 1 aliphatic rings. The molecule has 7 nitrogen and oxygen atoms in total. The molecule has 0 saturated heterocycles. The van der Waals surface area contributed by atoms with E-state index in [4.69, 9.17) is 4.74 Å². The second kappa shape index (κ2) is 9.30. The number of rotatable bonds is 9. The molecule has 4 rings (SSSR count). The Hall–Kier alpha value is -2.55. The monoisotopic (exact) mass is 443 g/mol. The van der Waals surface area contributed by atoms with E-state index in [9.17, 15) is 13.5 Å². The number of aliphatic hydroxyl groups excluding tert-OH is 1. The van der Waals surface area contributed by atoms with Gasteiger partial charge in [0.25, 0.3) is 0 Å². The highest BCUT2D eigenvalue weighted by atomic mass is 32.2. The van der Waals surface area contributed by atoms with Gasteiger partial charge in [-0.25, -0.2) is 8.42 Å². The van der Waals surface area contributed by atoms with Crippen LogP contribution in [0.25, 0.3) is 10.9 Å². The Balaban J connectivity index is 1.25. The average Bonchev–Trinajstić information content (AvgIpc) is 3.10. The number of aryl methyl sites for hydroxylation is 2. The highest BCUT2D eigenvalue weighted by molar-refractivity contribution is 7.92. The number of aromatic amines is 1. The molecule has 1 aromatic heterocycles. The molecule has 2 aromatic carbocycles. The summed E-state index contributed by atoms with van der Waals surface area (Å²) >= 11 is 0. The van der Waals surface area contributed by atoms with Crippen LogP contribution >= 0.6 is 0 Å². The molecule has 0 fully saturated rings. The fraction of sp³-hybridized carbons (Fsp3) is 0.391. The number of hydrogen-bond acceptors (Lipinski definition) is 5. The van der Waals surface area contributed by atoms with Gasteiger partial charge in [0.1, 0.15) is 12.4 Å². The van der Waals surface area contributed by atoms with E-state index in [1.807, 2.05) is 6.07 Å². The lowest BCUT2D eigenvalue weighted by Gasteiger charge is -2.14. The third-order valence-corrected chi connectivity index (χ3v) is 6.14. The fourth-order valence-corrected chi connectivity index (χ4v) is 4.66. The van der Waals surface area contributed by atoms with Crippen molar-refractivity contribution < 1.29 is 18.3 Å². The first kappa shape index (κ1) is 21.7. The number of fused-ring (bicyclic) bond motifs is 3. The third kappa shape index (κ3) is 5.58. The van der Waals surface area contributed by atoms with E-state index in [0.717, 1.165) is 30.4 Å². The smallest absolute Gasteiger partial charge is 0.229 e. The Morgan fingerprint density at radius 1 is 1.16 bits per heavy atom. The van der Waals surface area contributed by atoms with E-state index in [0.29, 0.717) is 30.9 Å². The minimum absolute atomic E-state index is 0.341. The highest BCUT2D eigenvalue weighted by Gasteiger charge is 2.15. The van der Waals surface area contributed by atoms with Crippen LogP contribution in [-0.4, -0.2) is 44.5 Å². The molecule has 0 spiro atoms. The summed E-state index contributed by atoms with van der Waals surface area (Å²) in [6.07, 6.45) is 5.13. The minimum atomic E-state index is -3.35. The van der Waals surface area contributed by atoms with Crippen LogP contribution < -0.4 is 14.8 Å². The summed E-state index contributed by atoms with van der Waals surface area (Å²) in [5.74, 6) is 0.827. The van der Waals surface area contributed by atoms with E-state index in [1.54, 1.807) is 24.3 Å². The lowest BCUT2D eigenvalue weighted by Crippen LogP contribution is -2.26. The van der Waals surface area contributed by atoms with Crippen molar-refractivity contribution in [1.82, 2.24) is 10.3 Å². The Labute approximate surface area is 182 Å². The summed E-state index contributed by atoms with van der Waals surface area (Å²) in [6.45, 7) is 1.40. The highest BCUT2D eigenvalue weighted by Crippen LogP contribution is 2.31. The maximum absolute atomic E-state index is 11.4. The normalized spacial score (nSPS) is 14.9. The van der Waals surface area contributed by atoms with Crippen LogP contribution in [0.2, 0.25) is 0 Å². The summed E-state index contributed by atoms with van der Waals surface area (Å²) in [6, 6.07) is 13.0. The fourth-order valence-electron chi connectivity index (χ4n) is 4.10. The van der Waals surface area contributed by atoms with Gasteiger partial charge in [-0.15, -0.1) is 0 Å². The van der Waals surface area contributed by atoms with Gasteiger partial charge in [-0.1, -0.05) is 12.1 Å². The second-order valence-corrected chi connectivity index (χ2v) is 9.81. The zero-order valence-corrected chi connectivity index (χ0v) is 18.5. The Morgan fingerprint density at radius 3 is 2.84 bits per heavy atom. The van der Waals surface area contributed by atoms with E-state index in [-0.39, 0.29) is 0 Å². The minimum Gasteiger partial charge on any atom is -0.492 e. The van der Waals surface area contributed by atoms with Crippen molar-refractivity contribution in [2.24, 2.45) is 0 Å². The number of aromatic nitrogens is 1. The topological polar surface area (TPSA) is 103 Å². The second-order valence-electron chi connectivity index (χ2n) is 8.06. The van der Waals surface area contributed by atoms with Crippen LogP contribution in [0.15, 0.2) is 42.5 Å². The zero-order chi connectivity index (χ0) is 21.8. The largest absolute Gasteiger partial charge is 0.492 e. The number of ether oxygens (including phenoxy) is 1. The molecule has 1 atom stereocenters. The van der Waals surface area contributed by atoms with Gasteiger partial charge in [-0.2, -0.15) is 0 Å². The van der Waals surface area contributed by atoms with Crippen molar-refractivity contribution in [1.29, 1.82) is 0 Å². The molecule has 1 unspecified atom stereocenters. The number of anilines is 1. The third-order valence-electron chi connectivity index (χ3n) is 5.53. The summed E-state index contributed by atoms with van der Waals surface area (Å²) in [4.78, 5) is 3.54. The number of benzene rings is 2. The van der Waals surface area contributed by atoms with Gasteiger partial charge in [-0.05, 0) is 61.1 Å². The number of hydrogen-bond donors (Lipinski definition) is 4. The van der Waals surface area contributed by atoms with Crippen molar-refractivity contribution in [2.45, 2.75) is 31.8 Å². The molecule has 8 heteroatoms. The van der Waals surface area contributed by atoms with Gasteiger partial charge in [0, 0.05) is 41.4 Å². The molecule has 0 aliphatic heterocycles. The molecule has 0 saturated carbocycles. The Morgan fingerprint density at radius 2 is 2.00 bits per heavy atom. The van der Waals surface area contributed by atoms with Gasteiger partial charge in [0.2, 0.25) is 10.0 Å². The van der Waals surface area contributed by atoms with Gasteiger partial charge >= 0.3 is 0 Å². The quantitative estimate of drug-likeness (QED) is 0.381. The number of sulfonamides is 1. The molecule has 0 amide bonds. The number of H-pyrrole nitrogens is 1. The Kier molecular flexibility index (Phi) is 6.50. The molecular formula is C23H29N3O4S. The standard InChI is InChI=1S/C23H29N3O4S/c1-31(28,29)26-17-6-4-5-16(13-17)23(27)15-24-11-12-30-18-9-10-20-19-7-2-3-8-21(19)25-22(20)14-18/h4-6,9-10,13-14,23-27H,2-3,7-8,11-12,15H2,1H3. The lowest BCUT2D eigenvalue weighted by atomic mass is 9.96. The molecule has 166 valence electrons. The van der Waals surface area contributed by atoms with Crippen molar-refractivity contribution in [3.05, 3.63) is 59.3 Å². The van der Waals surface area contributed by atoms with Gasteiger partial charge < -0.3 is 20.1 Å². The van der Waals surface area contributed by atoms with E-state index < -0.39 is 16.1 Å². The summed E-state index contributed by atoms with van der Waals surface area (Å²) in [5.41, 5.74) is 5.03. The van der Waals surface area contributed by atoms with Crippen LogP contribution in [0.4, 0.5) is 5.69 Å². The van der Waals surface area contributed by atoms with Crippen LogP contribution in [0.1, 0.15) is 35.8 Å². The van der Waals surface area contributed by atoms with E-state index in [1.165, 1.54) is 29.5 Å². The van der Waals surface area contributed by atoms with E-state index >= 15 is 0 Å². The molecule has 1 heterocycles. The average molecular weight is 444 g/mol. The van der Waals surface area contributed by atoms with Gasteiger partial charge in [0.05, 0.1) is 12.4 Å². The van der Waals surface area contributed by atoms with Crippen molar-refractivity contribution in [2.75, 3.05) is 30.7 Å². The molecule has 1 aliphatic carbocycles. The number of nitrogens with one attached hydrogen (secondary N) is 3. The molecule has 0 bridgehead atoms. The van der Waals surface area contributed by atoms with E-state index in [2.05, 4.69) is 27.2 Å². The first-order chi connectivity index (χ1) is 14.9.